The van der Waals surface area contributed by atoms with Crippen LogP contribution < -0.4 is 0 Å². The molecule has 0 unspecified atom stereocenters. The van der Waals surface area contributed by atoms with Gasteiger partial charge in [0.05, 0.1) is 13.1 Å². The van der Waals surface area contributed by atoms with Crippen LogP contribution in [0.2, 0.25) is 0 Å². The van der Waals surface area contributed by atoms with Gasteiger partial charge in [-0.15, -0.1) is 0 Å². The molecule has 1 aliphatic carbocycles. The van der Waals surface area contributed by atoms with Crippen LogP contribution in [-0.4, -0.2) is 48.5 Å². The number of hydrogen-bond donors (Lipinski definition) is 0. The van der Waals surface area contributed by atoms with E-state index in [-0.39, 0.29) is 30.8 Å². The van der Waals surface area contributed by atoms with Gasteiger partial charge in [0.25, 0.3) is 0 Å². The van der Waals surface area contributed by atoms with E-state index in [1.807, 2.05) is 0 Å². The van der Waals surface area contributed by atoms with Crippen molar-refractivity contribution in [3.05, 3.63) is 102 Å². The van der Waals surface area contributed by atoms with E-state index in [0.29, 0.717) is 11.4 Å². The third-order valence-electron chi connectivity index (χ3n) is 5.91. The summed E-state index contributed by atoms with van der Waals surface area (Å²) in [6.07, 6.45) is 10.3. The summed E-state index contributed by atoms with van der Waals surface area (Å²) in [6.45, 7) is 0.804. The molecule has 1 aromatic carbocycles. The van der Waals surface area contributed by atoms with Gasteiger partial charge in [-0.2, -0.15) is 19.0 Å². The highest BCUT2D eigenvalue weighted by molar-refractivity contribution is 5.50. The van der Waals surface area contributed by atoms with E-state index in [0.717, 1.165) is 6.07 Å². The molecule has 39 heavy (non-hydrogen) atoms. The van der Waals surface area contributed by atoms with Crippen molar-refractivity contribution in [2.24, 2.45) is 0 Å². The third kappa shape index (κ3) is 7.24. The fourth-order valence-electron chi connectivity index (χ4n) is 3.96. The summed E-state index contributed by atoms with van der Waals surface area (Å²) >= 11 is 0. The Labute approximate surface area is 219 Å². The first-order chi connectivity index (χ1) is 18.5. The molecular weight excluding hydrogens is 526 g/mol. The number of alkyl halides is 4. The number of ether oxygens (including phenoxy) is 1. The van der Waals surface area contributed by atoms with Gasteiger partial charge in [-0.1, -0.05) is 37.3 Å². The Hall–Kier alpha value is -4.16. The number of hydrogen-bond acceptors (Lipinski definition) is 5. The molecule has 206 valence electrons. The molecular formula is C26H24F6N6O. The molecule has 2 heterocycles. The smallest absolute Gasteiger partial charge is 0.340 e. The van der Waals surface area contributed by atoms with Gasteiger partial charge < -0.3 is 4.74 Å². The van der Waals surface area contributed by atoms with Gasteiger partial charge in [-0.25, -0.2) is 27.5 Å². The summed E-state index contributed by atoms with van der Waals surface area (Å²) in [6, 6.07) is 3.41. The Bertz CT molecular complexity index is 1400. The van der Waals surface area contributed by atoms with Crippen molar-refractivity contribution in [1.82, 2.24) is 29.5 Å². The zero-order valence-electron chi connectivity index (χ0n) is 20.7. The van der Waals surface area contributed by atoms with Gasteiger partial charge in [-0.3, -0.25) is 9.36 Å². The van der Waals surface area contributed by atoms with Gasteiger partial charge in [0.2, 0.25) is 0 Å². The summed E-state index contributed by atoms with van der Waals surface area (Å²) in [4.78, 5) is 8.18. The van der Waals surface area contributed by atoms with Crippen LogP contribution in [0.25, 0.3) is 6.08 Å². The highest BCUT2D eigenvalue weighted by atomic mass is 19.3. The fourth-order valence-corrected chi connectivity index (χ4v) is 3.96. The van der Waals surface area contributed by atoms with Crippen LogP contribution in [0.1, 0.15) is 24.7 Å². The van der Waals surface area contributed by atoms with Gasteiger partial charge in [-0.05, 0) is 29.4 Å². The van der Waals surface area contributed by atoms with Crippen molar-refractivity contribution >= 4 is 6.08 Å². The van der Waals surface area contributed by atoms with Crippen LogP contribution in [0, 0.1) is 11.6 Å². The van der Waals surface area contributed by atoms with Crippen molar-refractivity contribution in [3.8, 4) is 0 Å². The molecule has 3 aromatic rings. The lowest BCUT2D eigenvalue weighted by Crippen LogP contribution is -2.35. The molecule has 4 rings (SSSR count). The number of halogens is 6. The van der Waals surface area contributed by atoms with Crippen molar-refractivity contribution in [1.29, 1.82) is 0 Å². The van der Waals surface area contributed by atoms with Crippen LogP contribution in [0.3, 0.4) is 0 Å². The average molecular weight is 551 g/mol. The highest BCUT2D eigenvalue weighted by Gasteiger charge is 2.41. The van der Waals surface area contributed by atoms with E-state index >= 15 is 0 Å². The number of aromatic nitrogens is 6. The standard InChI is InChI=1S/C26H24F6N6O/c1-25(12-37-16-33-15-35-37,21-9-7-19(27)11-22(21)28)13-38-17-34-23(36-38)10-6-18-3-2-4-20(8-5-18)39-14-26(31,32)24(29)30/h2-3,5-11,15-17,24H,4,12-14H2,1H3/b10-6+/t25-/m0/s1. The van der Waals surface area contributed by atoms with Crippen LogP contribution in [-0.2, 0) is 23.2 Å². The van der Waals surface area contributed by atoms with E-state index < -0.39 is 36.0 Å². The molecule has 0 radical (unpaired) electrons. The average Bonchev–Trinajstić information content (AvgIpc) is 3.48. The highest BCUT2D eigenvalue weighted by Crippen LogP contribution is 2.30. The lowest BCUT2D eigenvalue weighted by Gasteiger charge is -2.30. The molecule has 0 amide bonds. The minimum Gasteiger partial charge on any atom is -0.491 e. The first-order valence-electron chi connectivity index (χ1n) is 11.8. The number of rotatable bonds is 11. The van der Waals surface area contributed by atoms with E-state index in [2.05, 4.69) is 20.2 Å². The van der Waals surface area contributed by atoms with Crippen LogP contribution in [0.4, 0.5) is 26.3 Å². The second-order valence-corrected chi connectivity index (χ2v) is 9.17. The first kappa shape index (κ1) is 27.9. The summed E-state index contributed by atoms with van der Waals surface area (Å²) in [5, 5.41) is 8.53. The zero-order valence-corrected chi connectivity index (χ0v) is 20.7. The minimum absolute atomic E-state index is 0.122. The van der Waals surface area contributed by atoms with Crippen LogP contribution in [0.15, 0.2) is 78.9 Å². The maximum absolute atomic E-state index is 14.8. The van der Waals surface area contributed by atoms with E-state index in [1.165, 1.54) is 41.9 Å². The molecule has 1 aliphatic rings. The van der Waals surface area contributed by atoms with Crippen molar-refractivity contribution in [3.63, 3.8) is 0 Å². The molecule has 0 spiro atoms. The van der Waals surface area contributed by atoms with Gasteiger partial charge >= 0.3 is 12.3 Å². The monoisotopic (exact) mass is 550 g/mol. The van der Waals surface area contributed by atoms with Crippen molar-refractivity contribution < 1.29 is 31.1 Å². The Morgan fingerprint density at radius 1 is 1.08 bits per heavy atom. The lowest BCUT2D eigenvalue weighted by atomic mass is 9.82. The molecule has 0 saturated heterocycles. The first-order valence-corrected chi connectivity index (χ1v) is 11.8. The largest absolute Gasteiger partial charge is 0.491 e. The molecule has 0 fully saturated rings. The second-order valence-electron chi connectivity index (χ2n) is 9.17. The summed E-state index contributed by atoms with van der Waals surface area (Å²) in [5.74, 6) is -5.15. The van der Waals surface area contributed by atoms with Crippen LogP contribution in [0.5, 0.6) is 0 Å². The Kier molecular flexibility index (Phi) is 8.36. The van der Waals surface area contributed by atoms with E-state index in [1.54, 1.807) is 42.0 Å². The molecule has 2 aromatic heterocycles. The van der Waals surface area contributed by atoms with Gasteiger partial charge in [0.15, 0.2) is 12.4 Å². The maximum Gasteiger partial charge on any atom is 0.340 e. The SMILES string of the molecule is C[C@](Cn1cncn1)(Cn1cnc(/C=C/C2=CC=C(OCC(F)(F)C(F)F)CC=C2)n1)c1ccc(F)cc1F. The third-order valence-corrected chi connectivity index (χ3v) is 5.91. The predicted octanol–water partition coefficient (Wildman–Crippen LogP) is 5.51. The zero-order chi connectivity index (χ0) is 28.0. The van der Waals surface area contributed by atoms with Gasteiger partial charge in [0.1, 0.15) is 36.4 Å². The topological polar surface area (TPSA) is 70.7 Å². The minimum atomic E-state index is -4.23. The fraction of sp³-hybridized carbons (Fsp3) is 0.308. The normalized spacial score (nSPS) is 15.8. The number of allylic oxidation sites excluding steroid dienone is 6. The summed E-state index contributed by atoms with van der Waals surface area (Å²) in [7, 11) is 0. The number of benzene rings is 1. The summed E-state index contributed by atoms with van der Waals surface area (Å²) < 4.78 is 87.2. The van der Waals surface area contributed by atoms with E-state index in [4.69, 9.17) is 4.74 Å². The Balaban J connectivity index is 1.47. The lowest BCUT2D eigenvalue weighted by molar-refractivity contribution is -0.158. The molecule has 0 N–H and O–H groups in total. The van der Waals surface area contributed by atoms with E-state index in [9.17, 15) is 26.3 Å². The second kappa shape index (κ2) is 11.7. The molecule has 13 heteroatoms. The summed E-state index contributed by atoms with van der Waals surface area (Å²) in [5.41, 5.74) is 0.0431. The Morgan fingerprint density at radius 3 is 2.59 bits per heavy atom. The van der Waals surface area contributed by atoms with Crippen molar-refractivity contribution in [2.45, 2.75) is 44.2 Å². The van der Waals surface area contributed by atoms with Crippen LogP contribution >= 0.6 is 0 Å². The molecule has 0 saturated carbocycles. The Morgan fingerprint density at radius 2 is 1.87 bits per heavy atom. The molecule has 0 aliphatic heterocycles. The quantitative estimate of drug-likeness (QED) is 0.295. The predicted molar refractivity (Wildman–Crippen MR) is 130 cm³/mol. The number of nitrogens with zero attached hydrogens (tertiary/aromatic N) is 6. The molecule has 1 atom stereocenters. The molecule has 0 bridgehead atoms. The molecule has 7 nitrogen and oxygen atoms in total. The maximum atomic E-state index is 14.8. The van der Waals surface area contributed by atoms with Gasteiger partial charge in [0, 0.05) is 17.9 Å². The van der Waals surface area contributed by atoms with Crippen molar-refractivity contribution in [2.75, 3.05) is 6.61 Å².